The van der Waals surface area contributed by atoms with Crippen molar-refractivity contribution in [1.29, 1.82) is 0 Å². The highest BCUT2D eigenvalue weighted by molar-refractivity contribution is 7.92. The fourth-order valence-corrected chi connectivity index (χ4v) is 5.06. The zero-order chi connectivity index (χ0) is 24.0. The molecule has 0 saturated carbocycles. The monoisotopic (exact) mass is 486 g/mol. The fraction of sp³-hybridized carbons (Fsp3) is 0.240. The first-order chi connectivity index (χ1) is 15.8. The normalized spacial score (nSPS) is 11.2. The number of ether oxygens (including phenoxy) is 1. The number of aryl methyl sites for hydroxylation is 2. The van der Waals surface area contributed by atoms with Gasteiger partial charge < -0.3 is 10.1 Å². The van der Waals surface area contributed by atoms with Crippen molar-refractivity contribution in [3.63, 3.8) is 0 Å². The lowest BCUT2D eigenvalue weighted by molar-refractivity contribution is -0.114. The van der Waals surface area contributed by atoms with E-state index in [1.54, 1.807) is 36.4 Å². The lowest BCUT2D eigenvalue weighted by atomic mass is 10.0. The molecule has 0 bridgehead atoms. The summed E-state index contributed by atoms with van der Waals surface area (Å²) in [5.74, 6) is 0.102. The summed E-state index contributed by atoms with van der Waals surface area (Å²) in [5, 5.41) is 3.41. The average molecular weight is 487 g/mol. The number of rotatable bonds is 9. The van der Waals surface area contributed by atoms with E-state index < -0.39 is 22.5 Å². The Morgan fingerprint density at radius 2 is 1.52 bits per heavy atom. The third-order valence-electron chi connectivity index (χ3n) is 5.31. The minimum absolute atomic E-state index is 0.0502. The smallest absolute Gasteiger partial charge is 0.264 e. The number of carbonyl (C=O) groups is 1. The fourth-order valence-electron chi connectivity index (χ4n) is 3.51. The minimum Gasteiger partial charge on any atom is -0.497 e. The summed E-state index contributed by atoms with van der Waals surface area (Å²) in [6.07, 6.45) is 1.49. The minimum atomic E-state index is -4.04. The molecular formula is C25H27ClN2O4S. The first-order valence-corrected chi connectivity index (χ1v) is 12.4. The summed E-state index contributed by atoms with van der Waals surface area (Å²) in [5.41, 5.74) is 3.08. The Kier molecular flexibility index (Phi) is 8.00. The summed E-state index contributed by atoms with van der Waals surface area (Å²) in [4.78, 5) is 13.2. The van der Waals surface area contributed by atoms with Crippen LogP contribution in [-0.4, -0.2) is 28.0 Å². The maximum absolute atomic E-state index is 13.5. The van der Waals surface area contributed by atoms with E-state index in [1.807, 2.05) is 32.0 Å². The number of benzene rings is 3. The predicted molar refractivity (Wildman–Crippen MR) is 133 cm³/mol. The van der Waals surface area contributed by atoms with Gasteiger partial charge in [-0.1, -0.05) is 43.6 Å². The zero-order valence-electron chi connectivity index (χ0n) is 18.8. The van der Waals surface area contributed by atoms with Gasteiger partial charge in [-0.25, -0.2) is 8.42 Å². The summed E-state index contributed by atoms with van der Waals surface area (Å²) in [6.45, 7) is 3.63. The second-order valence-electron chi connectivity index (χ2n) is 7.37. The van der Waals surface area contributed by atoms with Crippen LogP contribution < -0.4 is 14.4 Å². The molecule has 0 aliphatic rings. The van der Waals surface area contributed by atoms with Crippen LogP contribution in [0.5, 0.6) is 5.75 Å². The van der Waals surface area contributed by atoms with Crippen LogP contribution in [0.15, 0.2) is 71.6 Å². The number of amides is 1. The van der Waals surface area contributed by atoms with Crippen LogP contribution in [0.25, 0.3) is 0 Å². The summed E-state index contributed by atoms with van der Waals surface area (Å²) >= 11 is 6.00. The topological polar surface area (TPSA) is 75.7 Å². The number of methoxy groups -OCH3 is 1. The lowest BCUT2D eigenvalue weighted by Crippen LogP contribution is -2.38. The molecule has 0 unspecified atom stereocenters. The SMILES string of the molecule is CCc1cccc(CC)c1NC(=O)CN(c1ccc(Cl)cc1)S(=O)(=O)c1ccc(OC)cc1. The van der Waals surface area contributed by atoms with Crippen molar-refractivity contribution in [2.75, 3.05) is 23.3 Å². The molecule has 0 aromatic heterocycles. The molecule has 0 fully saturated rings. The maximum Gasteiger partial charge on any atom is 0.264 e. The number of hydrogen-bond acceptors (Lipinski definition) is 4. The van der Waals surface area contributed by atoms with Gasteiger partial charge in [-0.05, 0) is 72.5 Å². The molecule has 3 aromatic rings. The summed E-state index contributed by atoms with van der Waals surface area (Å²) < 4.78 is 33.3. The van der Waals surface area contributed by atoms with Crippen LogP contribution in [0.1, 0.15) is 25.0 Å². The van der Waals surface area contributed by atoms with Gasteiger partial charge in [0.15, 0.2) is 0 Å². The van der Waals surface area contributed by atoms with Crippen molar-refractivity contribution in [2.24, 2.45) is 0 Å². The van der Waals surface area contributed by atoms with Gasteiger partial charge >= 0.3 is 0 Å². The molecule has 0 radical (unpaired) electrons. The predicted octanol–water partition coefficient (Wildman–Crippen LogP) is 5.31. The lowest BCUT2D eigenvalue weighted by Gasteiger charge is -2.25. The van der Waals surface area contributed by atoms with E-state index in [0.717, 1.165) is 34.0 Å². The molecule has 33 heavy (non-hydrogen) atoms. The second-order valence-corrected chi connectivity index (χ2v) is 9.67. The zero-order valence-corrected chi connectivity index (χ0v) is 20.4. The molecule has 0 aliphatic carbocycles. The van der Waals surface area contributed by atoms with E-state index in [0.29, 0.717) is 16.5 Å². The molecule has 3 aromatic carbocycles. The van der Waals surface area contributed by atoms with Crippen molar-refractivity contribution in [3.05, 3.63) is 82.9 Å². The van der Waals surface area contributed by atoms with E-state index in [1.165, 1.54) is 19.2 Å². The van der Waals surface area contributed by atoms with Gasteiger partial charge in [0.1, 0.15) is 12.3 Å². The van der Waals surface area contributed by atoms with Crippen LogP contribution >= 0.6 is 11.6 Å². The molecule has 6 nitrogen and oxygen atoms in total. The van der Waals surface area contributed by atoms with Gasteiger partial charge in [0.05, 0.1) is 17.7 Å². The summed E-state index contributed by atoms with van der Waals surface area (Å²) in [7, 11) is -2.53. The van der Waals surface area contributed by atoms with Gasteiger partial charge in [-0.15, -0.1) is 0 Å². The third kappa shape index (κ3) is 5.67. The van der Waals surface area contributed by atoms with Gasteiger partial charge in [0.25, 0.3) is 10.0 Å². The molecule has 1 amide bonds. The van der Waals surface area contributed by atoms with Crippen molar-refractivity contribution in [3.8, 4) is 5.75 Å². The number of halogens is 1. The molecule has 0 saturated heterocycles. The first-order valence-electron chi connectivity index (χ1n) is 10.6. The molecule has 3 rings (SSSR count). The molecular weight excluding hydrogens is 460 g/mol. The number of hydrogen-bond donors (Lipinski definition) is 1. The number of carbonyl (C=O) groups excluding carboxylic acids is 1. The number of anilines is 2. The third-order valence-corrected chi connectivity index (χ3v) is 7.35. The second kappa shape index (κ2) is 10.7. The van der Waals surface area contributed by atoms with Crippen molar-refractivity contribution < 1.29 is 17.9 Å². The highest BCUT2D eigenvalue weighted by atomic mass is 35.5. The molecule has 0 aliphatic heterocycles. The van der Waals surface area contributed by atoms with Crippen LogP contribution in [0.2, 0.25) is 5.02 Å². The van der Waals surface area contributed by atoms with E-state index >= 15 is 0 Å². The molecule has 0 atom stereocenters. The standard InChI is InChI=1S/C25H27ClN2O4S/c1-4-18-7-6-8-19(5-2)25(18)27-24(29)17-28(21-11-9-20(26)10-12-21)33(30,31)23-15-13-22(32-3)14-16-23/h6-16H,4-5,17H2,1-3H3,(H,27,29). The Morgan fingerprint density at radius 1 is 0.939 bits per heavy atom. The Morgan fingerprint density at radius 3 is 2.03 bits per heavy atom. The first kappa shape index (κ1) is 24.6. The van der Waals surface area contributed by atoms with E-state index in [9.17, 15) is 13.2 Å². The van der Waals surface area contributed by atoms with E-state index in [-0.39, 0.29) is 4.90 Å². The van der Waals surface area contributed by atoms with E-state index in [4.69, 9.17) is 16.3 Å². The van der Waals surface area contributed by atoms with Crippen LogP contribution in [0.3, 0.4) is 0 Å². The Bertz CT molecular complexity index is 1190. The molecule has 174 valence electrons. The quantitative estimate of drug-likeness (QED) is 0.445. The number of nitrogens with zero attached hydrogens (tertiary/aromatic N) is 1. The summed E-state index contributed by atoms with van der Waals surface area (Å²) in [6, 6.07) is 18.3. The van der Waals surface area contributed by atoms with Crippen molar-refractivity contribution in [1.82, 2.24) is 0 Å². The highest BCUT2D eigenvalue weighted by Crippen LogP contribution is 2.27. The maximum atomic E-state index is 13.5. The number of nitrogens with one attached hydrogen (secondary N) is 1. The Balaban J connectivity index is 1.97. The Hall–Kier alpha value is -3.03. The van der Waals surface area contributed by atoms with Crippen molar-refractivity contribution in [2.45, 2.75) is 31.6 Å². The number of sulfonamides is 1. The van der Waals surface area contributed by atoms with Gasteiger partial charge in [-0.3, -0.25) is 9.10 Å². The largest absolute Gasteiger partial charge is 0.497 e. The van der Waals surface area contributed by atoms with Crippen LogP contribution in [0.4, 0.5) is 11.4 Å². The van der Waals surface area contributed by atoms with Gasteiger partial charge in [0.2, 0.25) is 5.91 Å². The van der Waals surface area contributed by atoms with Crippen molar-refractivity contribution >= 4 is 38.9 Å². The molecule has 0 heterocycles. The molecule has 1 N–H and O–H groups in total. The molecule has 8 heteroatoms. The molecule has 0 spiro atoms. The van der Waals surface area contributed by atoms with Gasteiger partial charge in [0, 0.05) is 10.7 Å². The average Bonchev–Trinajstić information content (AvgIpc) is 2.83. The van der Waals surface area contributed by atoms with Crippen LogP contribution in [-0.2, 0) is 27.7 Å². The number of para-hydroxylation sites is 1. The van der Waals surface area contributed by atoms with Crippen LogP contribution in [0, 0.1) is 0 Å². The highest BCUT2D eigenvalue weighted by Gasteiger charge is 2.28. The van der Waals surface area contributed by atoms with E-state index in [2.05, 4.69) is 5.32 Å². The Labute approximate surface area is 200 Å². The van der Waals surface area contributed by atoms with Gasteiger partial charge in [-0.2, -0.15) is 0 Å².